The second-order valence-electron chi connectivity index (χ2n) is 6.98. The van der Waals surface area contributed by atoms with E-state index in [4.69, 9.17) is 24.7 Å². The molecule has 0 radical (unpaired) electrons. The predicted molar refractivity (Wildman–Crippen MR) is 117 cm³/mol. The molecule has 1 aromatic rings. The smallest absolute Gasteiger partial charge is 0.305 e. The van der Waals surface area contributed by atoms with Gasteiger partial charge in [-0.3, -0.25) is 4.79 Å². The molecule has 1 aromatic carbocycles. The van der Waals surface area contributed by atoms with E-state index < -0.39 is 0 Å². The molecule has 7 heteroatoms. The lowest BCUT2D eigenvalue weighted by Gasteiger charge is -2.08. The van der Waals surface area contributed by atoms with Crippen molar-refractivity contribution >= 4 is 5.97 Å². The Balaban J connectivity index is 1.75. The minimum absolute atomic E-state index is 0.169. The van der Waals surface area contributed by atoms with Gasteiger partial charge in [0.2, 0.25) is 0 Å². The Bertz CT molecular complexity index is 540. The van der Waals surface area contributed by atoms with Gasteiger partial charge in [-0.15, -0.1) is 0 Å². The van der Waals surface area contributed by atoms with Crippen LogP contribution in [0.5, 0.6) is 5.75 Å². The van der Waals surface area contributed by atoms with E-state index in [1.54, 1.807) is 0 Å². The van der Waals surface area contributed by atoms with Crippen molar-refractivity contribution in [3.05, 3.63) is 29.8 Å². The number of carbonyl (C=O) groups excluding carboxylic acids is 1. The molecule has 0 aromatic heterocycles. The van der Waals surface area contributed by atoms with Crippen LogP contribution in [0, 0.1) is 0 Å². The van der Waals surface area contributed by atoms with Gasteiger partial charge in [0.15, 0.2) is 0 Å². The number of hydrogen-bond acceptors (Lipinski definition) is 7. The maximum absolute atomic E-state index is 10.9. The van der Waals surface area contributed by atoms with Crippen molar-refractivity contribution in [2.75, 3.05) is 53.4 Å². The molecule has 0 saturated heterocycles. The van der Waals surface area contributed by atoms with Gasteiger partial charge in [0, 0.05) is 26.2 Å². The molecule has 0 amide bonds. The molecule has 0 unspecified atom stereocenters. The van der Waals surface area contributed by atoms with Gasteiger partial charge in [-0.25, -0.2) is 0 Å². The second-order valence-corrected chi connectivity index (χ2v) is 6.98. The van der Waals surface area contributed by atoms with Crippen LogP contribution < -0.4 is 10.5 Å². The molecule has 0 aliphatic heterocycles. The molecule has 0 spiro atoms. The predicted octanol–water partition coefficient (Wildman–Crippen LogP) is 3.48. The van der Waals surface area contributed by atoms with Gasteiger partial charge >= 0.3 is 5.97 Å². The van der Waals surface area contributed by atoms with Crippen LogP contribution in [0.25, 0.3) is 0 Å². The zero-order chi connectivity index (χ0) is 21.7. The second kappa shape index (κ2) is 19.3. The summed E-state index contributed by atoms with van der Waals surface area (Å²) in [6.45, 7) is 5.00. The first-order chi connectivity index (χ1) is 14.8. The van der Waals surface area contributed by atoms with Gasteiger partial charge in [0.05, 0.1) is 40.1 Å². The SMILES string of the molecule is COC(=O)CCCCOCCOCCOCCCCCCOc1cccc(CN)c1. The highest BCUT2D eigenvalue weighted by Crippen LogP contribution is 2.13. The number of esters is 1. The summed E-state index contributed by atoms with van der Waals surface area (Å²) in [5.41, 5.74) is 6.72. The molecule has 0 atom stereocenters. The van der Waals surface area contributed by atoms with Gasteiger partial charge in [0.25, 0.3) is 0 Å². The molecule has 0 fully saturated rings. The standard InChI is InChI=1S/C23H39NO6/c1-26-23(25)11-4-7-13-28-16-18-29-17-15-27-12-5-2-3-6-14-30-22-10-8-9-21(19-22)20-24/h8-10,19H,2-7,11-18,20,24H2,1H3. The Morgan fingerprint density at radius 2 is 1.40 bits per heavy atom. The minimum atomic E-state index is -0.169. The van der Waals surface area contributed by atoms with Gasteiger partial charge in [-0.05, 0) is 49.8 Å². The first kappa shape index (κ1) is 26.4. The maximum Gasteiger partial charge on any atom is 0.305 e. The fourth-order valence-electron chi connectivity index (χ4n) is 2.73. The molecule has 0 aliphatic rings. The summed E-state index contributed by atoms with van der Waals surface area (Å²) < 4.78 is 26.8. The molecular formula is C23H39NO6. The van der Waals surface area contributed by atoms with Crippen molar-refractivity contribution in [1.82, 2.24) is 0 Å². The van der Waals surface area contributed by atoms with Crippen molar-refractivity contribution in [1.29, 1.82) is 0 Å². The largest absolute Gasteiger partial charge is 0.494 e. The third-order valence-electron chi connectivity index (χ3n) is 4.48. The van der Waals surface area contributed by atoms with Crippen LogP contribution in [0.3, 0.4) is 0 Å². The minimum Gasteiger partial charge on any atom is -0.494 e. The Labute approximate surface area is 181 Å². The Kier molecular flexibility index (Phi) is 17.0. The number of benzene rings is 1. The Morgan fingerprint density at radius 1 is 0.800 bits per heavy atom. The van der Waals surface area contributed by atoms with Gasteiger partial charge in [0.1, 0.15) is 5.75 Å². The molecule has 30 heavy (non-hydrogen) atoms. The van der Waals surface area contributed by atoms with Crippen LogP contribution in [-0.2, 0) is 30.3 Å². The molecule has 0 saturated carbocycles. The molecule has 0 heterocycles. The summed E-state index contributed by atoms with van der Waals surface area (Å²) in [5, 5.41) is 0. The Morgan fingerprint density at radius 3 is 2.03 bits per heavy atom. The van der Waals surface area contributed by atoms with E-state index in [0.717, 1.165) is 63.1 Å². The lowest BCUT2D eigenvalue weighted by molar-refractivity contribution is -0.140. The summed E-state index contributed by atoms with van der Waals surface area (Å²) in [5.74, 6) is 0.724. The summed E-state index contributed by atoms with van der Waals surface area (Å²) >= 11 is 0. The van der Waals surface area contributed by atoms with Crippen LogP contribution in [0.2, 0.25) is 0 Å². The molecule has 7 nitrogen and oxygen atoms in total. The number of nitrogens with two attached hydrogens (primary N) is 1. The lowest BCUT2D eigenvalue weighted by Crippen LogP contribution is -2.10. The summed E-state index contributed by atoms with van der Waals surface area (Å²) in [6, 6.07) is 7.94. The number of methoxy groups -OCH3 is 1. The average Bonchev–Trinajstić information content (AvgIpc) is 2.78. The maximum atomic E-state index is 10.9. The summed E-state index contributed by atoms with van der Waals surface area (Å²) in [6.07, 6.45) is 6.45. The first-order valence-corrected chi connectivity index (χ1v) is 11.0. The number of hydrogen-bond donors (Lipinski definition) is 1. The molecular weight excluding hydrogens is 386 g/mol. The van der Waals surface area contributed by atoms with Crippen LogP contribution in [-0.4, -0.2) is 59.3 Å². The van der Waals surface area contributed by atoms with Crippen LogP contribution in [0.1, 0.15) is 50.5 Å². The quantitative estimate of drug-likeness (QED) is 0.253. The van der Waals surface area contributed by atoms with Crippen molar-refractivity contribution in [3.63, 3.8) is 0 Å². The van der Waals surface area contributed by atoms with E-state index in [9.17, 15) is 4.79 Å². The lowest BCUT2D eigenvalue weighted by atomic mass is 10.2. The van der Waals surface area contributed by atoms with E-state index in [0.29, 0.717) is 46.0 Å². The zero-order valence-electron chi connectivity index (χ0n) is 18.4. The highest BCUT2D eigenvalue weighted by molar-refractivity contribution is 5.68. The molecule has 0 aliphatic carbocycles. The first-order valence-electron chi connectivity index (χ1n) is 11.0. The summed E-state index contributed by atoms with van der Waals surface area (Å²) in [4.78, 5) is 10.9. The van der Waals surface area contributed by atoms with Crippen molar-refractivity contribution < 1.29 is 28.5 Å². The van der Waals surface area contributed by atoms with E-state index in [1.165, 1.54) is 7.11 Å². The van der Waals surface area contributed by atoms with Gasteiger partial charge in [-0.1, -0.05) is 18.6 Å². The zero-order valence-corrected chi connectivity index (χ0v) is 18.4. The van der Waals surface area contributed by atoms with E-state index in [-0.39, 0.29) is 5.97 Å². The normalized spacial score (nSPS) is 10.9. The van der Waals surface area contributed by atoms with Crippen molar-refractivity contribution in [2.45, 2.75) is 51.5 Å². The fourth-order valence-corrected chi connectivity index (χ4v) is 2.73. The fraction of sp³-hybridized carbons (Fsp3) is 0.696. The Hall–Kier alpha value is -1.67. The van der Waals surface area contributed by atoms with Crippen molar-refractivity contribution in [3.8, 4) is 5.75 Å². The third-order valence-corrected chi connectivity index (χ3v) is 4.48. The van der Waals surface area contributed by atoms with Crippen LogP contribution in [0.15, 0.2) is 24.3 Å². The number of unbranched alkanes of at least 4 members (excludes halogenated alkanes) is 4. The highest BCUT2D eigenvalue weighted by Gasteiger charge is 1.99. The number of carbonyl (C=O) groups is 1. The monoisotopic (exact) mass is 425 g/mol. The van der Waals surface area contributed by atoms with Crippen LogP contribution >= 0.6 is 0 Å². The highest BCUT2D eigenvalue weighted by atomic mass is 16.5. The molecule has 2 N–H and O–H groups in total. The van der Waals surface area contributed by atoms with E-state index in [2.05, 4.69) is 4.74 Å². The molecule has 1 rings (SSSR count). The van der Waals surface area contributed by atoms with E-state index in [1.807, 2.05) is 24.3 Å². The van der Waals surface area contributed by atoms with Gasteiger partial charge < -0.3 is 29.4 Å². The third kappa shape index (κ3) is 15.2. The van der Waals surface area contributed by atoms with Crippen LogP contribution in [0.4, 0.5) is 0 Å². The summed E-state index contributed by atoms with van der Waals surface area (Å²) in [7, 11) is 1.40. The topological polar surface area (TPSA) is 89.2 Å². The molecule has 172 valence electrons. The number of ether oxygens (including phenoxy) is 5. The number of rotatable bonds is 20. The molecule has 0 bridgehead atoms. The van der Waals surface area contributed by atoms with Gasteiger partial charge in [-0.2, -0.15) is 0 Å². The average molecular weight is 426 g/mol. The van der Waals surface area contributed by atoms with Crippen molar-refractivity contribution in [2.24, 2.45) is 5.73 Å². The van der Waals surface area contributed by atoms with E-state index >= 15 is 0 Å².